The number of fused-ring (bicyclic) bond motifs is 1. The molecule has 164 valence electrons. The van der Waals surface area contributed by atoms with E-state index >= 15 is 0 Å². The van der Waals surface area contributed by atoms with Crippen LogP contribution in [0.15, 0.2) is 30.3 Å². The fourth-order valence-corrected chi connectivity index (χ4v) is 4.47. The number of anilines is 1. The van der Waals surface area contributed by atoms with Crippen molar-refractivity contribution in [3.63, 3.8) is 0 Å². The minimum absolute atomic E-state index is 0.258. The summed E-state index contributed by atoms with van der Waals surface area (Å²) in [6.45, 7) is 3.40. The minimum atomic E-state index is -0.615. The molecule has 4 rings (SSSR count). The van der Waals surface area contributed by atoms with Gasteiger partial charge in [-0.05, 0) is 62.6 Å². The van der Waals surface area contributed by atoms with Gasteiger partial charge in [-0.3, -0.25) is 4.79 Å². The van der Waals surface area contributed by atoms with E-state index in [1.54, 1.807) is 30.3 Å². The van der Waals surface area contributed by atoms with Crippen LogP contribution in [0.4, 0.5) is 5.82 Å². The lowest BCUT2D eigenvalue weighted by Gasteiger charge is -2.19. The number of carbonyl (C=O) groups is 2. The van der Waals surface area contributed by atoms with E-state index in [0.29, 0.717) is 27.6 Å². The smallest absolute Gasteiger partial charge is 0.338 e. The van der Waals surface area contributed by atoms with Crippen LogP contribution in [0.5, 0.6) is 0 Å². The van der Waals surface area contributed by atoms with Gasteiger partial charge in [0.15, 0.2) is 6.61 Å². The van der Waals surface area contributed by atoms with Gasteiger partial charge in [0, 0.05) is 17.1 Å². The van der Waals surface area contributed by atoms with Gasteiger partial charge in [-0.2, -0.15) is 5.26 Å². The van der Waals surface area contributed by atoms with Crippen LogP contribution in [-0.2, 0) is 9.53 Å². The maximum atomic E-state index is 12.6. The number of ether oxygens (including phenoxy) is 1. The molecule has 0 spiro atoms. The van der Waals surface area contributed by atoms with Gasteiger partial charge in [0.2, 0.25) is 0 Å². The summed E-state index contributed by atoms with van der Waals surface area (Å²) in [7, 11) is 0. The monoisotopic (exact) mass is 450 g/mol. The zero-order valence-corrected chi connectivity index (χ0v) is 18.7. The summed E-state index contributed by atoms with van der Waals surface area (Å²) in [5.41, 5.74) is 3.26. The third-order valence-electron chi connectivity index (χ3n) is 6.04. The Morgan fingerprint density at radius 1 is 1.25 bits per heavy atom. The summed E-state index contributed by atoms with van der Waals surface area (Å²) >= 11 is 5.89. The van der Waals surface area contributed by atoms with Crippen molar-refractivity contribution in [3.8, 4) is 6.07 Å². The summed E-state index contributed by atoms with van der Waals surface area (Å²) < 4.78 is 7.28. The molecule has 1 aliphatic rings. The zero-order valence-electron chi connectivity index (χ0n) is 17.9. The van der Waals surface area contributed by atoms with Crippen LogP contribution in [-0.4, -0.2) is 28.0 Å². The molecule has 1 fully saturated rings. The highest BCUT2D eigenvalue weighted by molar-refractivity contribution is 6.29. The highest BCUT2D eigenvalue weighted by Crippen LogP contribution is 2.37. The van der Waals surface area contributed by atoms with Crippen LogP contribution in [0, 0.1) is 25.2 Å². The van der Waals surface area contributed by atoms with Gasteiger partial charge in [0.1, 0.15) is 17.0 Å². The first kappa shape index (κ1) is 21.8. The second-order valence-corrected chi connectivity index (χ2v) is 8.41. The van der Waals surface area contributed by atoms with Crippen molar-refractivity contribution in [1.29, 1.82) is 5.26 Å². The summed E-state index contributed by atoms with van der Waals surface area (Å²) in [6.07, 6.45) is 4.28. The van der Waals surface area contributed by atoms with Gasteiger partial charge in [-0.1, -0.05) is 24.4 Å². The molecule has 0 bridgehead atoms. The summed E-state index contributed by atoms with van der Waals surface area (Å²) in [5, 5.41) is 13.6. The molecule has 1 N–H and O–H groups in total. The average Bonchev–Trinajstić information content (AvgIpc) is 3.38. The maximum absolute atomic E-state index is 12.6. The van der Waals surface area contributed by atoms with Crippen molar-refractivity contribution in [2.45, 2.75) is 45.6 Å². The van der Waals surface area contributed by atoms with Crippen LogP contribution in [0.2, 0.25) is 5.15 Å². The SMILES string of the molecule is Cc1c(C#N)c(NC(=O)COC(=O)c2ccc3nc(Cl)ccc3c2)n(C2CCCC2)c1C. The molecule has 7 nitrogen and oxygen atoms in total. The summed E-state index contributed by atoms with van der Waals surface area (Å²) in [6, 6.07) is 10.8. The lowest BCUT2D eigenvalue weighted by molar-refractivity contribution is -0.119. The van der Waals surface area contributed by atoms with Crippen LogP contribution in [0.25, 0.3) is 10.9 Å². The fraction of sp³-hybridized carbons (Fsp3) is 0.333. The minimum Gasteiger partial charge on any atom is -0.452 e. The summed E-state index contributed by atoms with van der Waals surface area (Å²) in [4.78, 5) is 29.3. The number of halogens is 1. The topological polar surface area (TPSA) is 97.0 Å². The van der Waals surface area contributed by atoms with E-state index < -0.39 is 18.5 Å². The predicted molar refractivity (Wildman–Crippen MR) is 122 cm³/mol. The Labute approximate surface area is 190 Å². The number of aromatic nitrogens is 2. The maximum Gasteiger partial charge on any atom is 0.338 e. The van der Waals surface area contributed by atoms with Gasteiger partial charge in [-0.25, -0.2) is 9.78 Å². The molecule has 2 aromatic heterocycles. The Balaban J connectivity index is 1.47. The van der Waals surface area contributed by atoms with Crippen molar-refractivity contribution in [1.82, 2.24) is 9.55 Å². The van der Waals surface area contributed by atoms with Gasteiger partial charge in [0.25, 0.3) is 5.91 Å². The molecule has 8 heteroatoms. The highest BCUT2D eigenvalue weighted by Gasteiger charge is 2.27. The number of nitrogens with one attached hydrogen (secondary N) is 1. The van der Waals surface area contributed by atoms with E-state index in [-0.39, 0.29) is 6.04 Å². The molecule has 32 heavy (non-hydrogen) atoms. The third-order valence-corrected chi connectivity index (χ3v) is 6.25. The quantitative estimate of drug-likeness (QED) is 0.431. The molecular weight excluding hydrogens is 428 g/mol. The Bertz CT molecular complexity index is 1250. The standard InChI is InChI=1S/C24H23ClN4O3/c1-14-15(2)29(18-5-3-4-6-18)23(19(14)12-26)28-22(30)13-32-24(31)17-7-9-20-16(11-17)8-10-21(25)27-20/h7-11,18H,3-6,13H2,1-2H3,(H,28,30). The largest absolute Gasteiger partial charge is 0.452 e. The first-order chi connectivity index (χ1) is 15.4. The van der Waals surface area contributed by atoms with E-state index in [2.05, 4.69) is 20.9 Å². The molecule has 0 saturated heterocycles. The number of carbonyl (C=O) groups excluding carboxylic acids is 2. The van der Waals surface area contributed by atoms with Crippen LogP contribution < -0.4 is 5.32 Å². The van der Waals surface area contributed by atoms with Gasteiger partial charge >= 0.3 is 5.97 Å². The number of esters is 1. The van der Waals surface area contributed by atoms with Crippen molar-refractivity contribution in [2.24, 2.45) is 0 Å². The number of amides is 1. The molecular formula is C24H23ClN4O3. The number of hydrogen-bond donors (Lipinski definition) is 1. The molecule has 0 aliphatic heterocycles. The first-order valence-electron chi connectivity index (χ1n) is 10.5. The van der Waals surface area contributed by atoms with E-state index in [1.807, 2.05) is 13.8 Å². The lowest BCUT2D eigenvalue weighted by Crippen LogP contribution is -2.23. The zero-order chi connectivity index (χ0) is 22.8. The van der Waals surface area contributed by atoms with E-state index in [9.17, 15) is 14.9 Å². The molecule has 1 aromatic carbocycles. The second-order valence-electron chi connectivity index (χ2n) is 8.02. The number of nitrogens with zero attached hydrogens (tertiary/aromatic N) is 3. The average molecular weight is 451 g/mol. The molecule has 0 radical (unpaired) electrons. The van der Waals surface area contributed by atoms with Crippen molar-refractivity contribution in [2.75, 3.05) is 11.9 Å². The fourth-order valence-electron chi connectivity index (χ4n) is 4.32. The number of hydrogen-bond acceptors (Lipinski definition) is 5. The molecule has 1 amide bonds. The van der Waals surface area contributed by atoms with Crippen molar-refractivity contribution in [3.05, 3.63) is 57.9 Å². The van der Waals surface area contributed by atoms with Crippen LogP contribution >= 0.6 is 11.6 Å². The van der Waals surface area contributed by atoms with Crippen LogP contribution in [0.1, 0.15) is 58.9 Å². The Morgan fingerprint density at radius 3 is 2.72 bits per heavy atom. The molecule has 1 saturated carbocycles. The van der Waals surface area contributed by atoms with Gasteiger partial charge in [-0.15, -0.1) is 0 Å². The van der Waals surface area contributed by atoms with Gasteiger partial charge in [0.05, 0.1) is 16.6 Å². The lowest BCUT2D eigenvalue weighted by atomic mass is 10.1. The molecule has 2 heterocycles. The number of pyridine rings is 1. The van der Waals surface area contributed by atoms with Gasteiger partial charge < -0.3 is 14.6 Å². The van der Waals surface area contributed by atoms with E-state index in [1.165, 1.54) is 0 Å². The van der Waals surface area contributed by atoms with Crippen molar-refractivity contribution < 1.29 is 14.3 Å². The number of nitriles is 1. The molecule has 3 aromatic rings. The summed E-state index contributed by atoms with van der Waals surface area (Å²) in [5.74, 6) is -0.610. The highest BCUT2D eigenvalue weighted by atomic mass is 35.5. The Morgan fingerprint density at radius 2 is 2.00 bits per heavy atom. The Kier molecular flexibility index (Phi) is 6.15. The molecule has 0 atom stereocenters. The van der Waals surface area contributed by atoms with E-state index in [4.69, 9.17) is 16.3 Å². The van der Waals surface area contributed by atoms with Crippen LogP contribution in [0.3, 0.4) is 0 Å². The van der Waals surface area contributed by atoms with Crippen molar-refractivity contribution >= 4 is 40.2 Å². The first-order valence-corrected chi connectivity index (χ1v) is 10.9. The third kappa shape index (κ3) is 4.19. The molecule has 0 unspecified atom stereocenters. The van der Waals surface area contributed by atoms with E-state index in [0.717, 1.165) is 42.3 Å². The number of rotatable bonds is 5. The second kappa shape index (κ2) is 9.01. The molecule has 1 aliphatic carbocycles. The number of benzene rings is 1. The predicted octanol–water partition coefficient (Wildman–Crippen LogP) is 5.09. The Hall–Kier alpha value is -3.37. The normalized spacial score (nSPS) is 13.8.